The van der Waals surface area contributed by atoms with Crippen LogP contribution in [0.15, 0.2) is 54.7 Å². The van der Waals surface area contributed by atoms with Crippen LogP contribution in [-0.2, 0) is 27.1 Å². The van der Waals surface area contributed by atoms with E-state index in [1.165, 1.54) is 56.8 Å². The van der Waals surface area contributed by atoms with E-state index < -0.39 is 29.2 Å². The second kappa shape index (κ2) is 13.7. The number of carbonyl (C=O) groups excluding carboxylic acids is 2. The van der Waals surface area contributed by atoms with Crippen molar-refractivity contribution in [1.82, 2.24) is 10.3 Å². The number of hydrogen-bond donors (Lipinski definition) is 1. The summed E-state index contributed by atoms with van der Waals surface area (Å²) in [5, 5.41) is 3.25. The molecule has 10 heteroatoms. The number of halogens is 4. The third-order valence-electron chi connectivity index (χ3n) is 6.14. The minimum absolute atomic E-state index is 0.0119. The normalized spacial score (nSPS) is 16.7. The van der Waals surface area contributed by atoms with Gasteiger partial charge in [-0.3, -0.25) is 9.78 Å². The Labute approximate surface area is 218 Å². The van der Waals surface area contributed by atoms with Crippen LogP contribution in [0.1, 0.15) is 40.0 Å². The maximum Gasteiger partial charge on any atom is 0.337 e. The van der Waals surface area contributed by atoms with Crippen molar-refractivity contribution < 1.29 is 36.6 Å². The zero-order valence-corrected chi connectivity index (χ0v) is 21.0. The second-order valence-electron chi connectivity index (χ2n) is 8.78. The Bertz CT molecular complexity index is 1270. The lowest BCUT2D eigenvalue weighted by Gasteiger charge is -2.29. The van der Waals surface area contributed by atoms with Gasteiger partial charge in [-0.05, 0) is 61.2 Å². The van der Waals surface area contributed by atoms with Crippen LogP contribution in [0.25, 0.3) is 0 Å². The summed E-state index contributed by atoms with van der Waals surface area (Å²) in [6, 6.07) is 9.99. The molecule has 4 rings (SSSR count). The van der Waals surface area contributed by atoms with E-state index in [0.717, 1.165) is 18.6 Å². The van der Waals surface area contributed by atoms with Gasteiger partial charge >= 0.3 is 11.9 Å². The van der Waals surface area contributed by atoms with Crippen LogP contribution in [0.4, 0.5) is 17.6 Å². The molecule has 1 aliphatic rings. The third-order valence-corrected chi connectivity index (χ3v) is 6.14. The largest absolute Gasteiger partial charge is 0.469 e. The zero-order valence-electron chi connectivity index (χ0n) is 21.0. The number of methoxy groups -OCH3 is 2. The predicted molar refractivity (Wildman–Crippen MR) is 131 cm³/mol. The highest BCUT2D eigenvalue weighted by molar-refractivity contribution is 5.89. The number of nitrogens with zero attached hydrogens (tertiary/aromatic N) is 1. The summed E-state index contributed by atoms with van der Waals surface area (Å²) in [6.45, 7) is 0.702. The molecule has 1 fully saturated rings. The van der Waals surface area contributed by atoms with Crippen molar-refractivity contribution >= 4 is 11.9 Å². The van der Waals surface area contributed by atoms with Crippen molar-refractivity contribution in [3.8, 4) is 0 Å². The Morgan fingerprint density at radius 2 is 1.58 bits per heavy atom. The van der Waals surface area contributed by atoms with E-state index >= 15 is 0 Å². The summed E-state index contributed by atoms with van der Waals surface area (Å²) in [7, 11) is 2.65. The molecular formula is C28H28F4N2O4. The predicted octanol–water partition coefficient (Wildman–Crippen LogP) is 4.79. The van der Waals surface area contributed by atoms with E-state index in [2.05, 4.69) is 15.0 Å². The summed E-state index contributed by atoms with van der Waals surface area (Å²) in [6.07, 6.45) is 3.41. The Hall–Kier alpha value is -3.79. The molecule has 3 aromatic rings. The van der Waals surface area contributed by atoms with E-state index in [0.29, 0.717) is 41.8 Å². The standard InChI is InChI=1S/C14H17F2NO2.C14H11F2NO2/c2*1-19-14(18)10-4-5-17-12(7-10)6-9-2-3-11(15)8-13(9)16/h2-3,8,10,12,17H,4-7H2,1H3;2-5,7-8H,6H2,1H3. The zero-order chi connectivity index (χ0) is 27.7. The molecule has 0 aliphatic carbocycles. The second-order valence-corrected chi connectivity index (χ2v) is 8.78. The highest BCUT2D eigenvalue weighted by Gasteiger charge is 2.28. The molecular weight excluding hydrogens is 504 g/mol. The number of piperidine rings is 1. The molecule has 202 valence electrons. The van der Waals surface area contributed by atoms with Gasteiger partial charge in [-0.2, -0.15) is 0 Å². The Morgan fingerprint density at radius 3 is 2.18 bits per heavy atom. The maximum absolute atomic E-state index is 13.6. The van der Waals surface area contributed by atoms with Gasteiger partial charge in [0.2, 0.25) is 0 Å². The number of nitrogens with one attached hydrogen (secondary N) is 1. The molecule has 1 aromatic heterocycles. The number of aromatic nitrogens is 1. The molecule has 0 saturated carbocycles. The molecule has 2 heterocycles. The molecule has 1 aliphatic heterocycles. The van der Waals surface area contributed by atoms with Gasteiger partial charge in [-0.1, -0.05) is 12.1 Å². The smallest absolute Gasteiger partial charge is 0.337 e. The Morgan fingerprint density at radius 1 is 0.921 bits per heavy atom. The first kappa shape index (κ1) is 28.8. The van der Waals surface area contributed by atoms with Crippen LogP contribution in [0.5, 0.6) is 0 Å². The van der Waals surface area contributed by atoms with Gasteiger partial charge in [0, 0.05) is 36.5 Å². The van der Waals surface area contributed by atoms with Crippen LogP contribution in [0.2, 0.25) is 0 Å². The lowest BCUT2D eigenvalue weighted by molar-refractivity contribution is -0.146. The van der Waals surface area contributed by atoms with Gasteiger partial charge in [0.25, 0.3) is 0 Å². The first-order valence-corrected chi connectivity index (χ1v) is 11.9. The van der Waals surface area contributed by atoms with Crippen LogP contribution >= 0.6 is 0 Å². The summed E-state index contributed by atoms with van der Waals surface area (Å²) < 4.78 is 62.0. The molecule has 2 atom stereocenters. The van der Waals surface area contributed by atoms with Crippen LogP contribution in [0, 0.1) is 29.2 Å². The first-order chi connectivity index (χ1) is 18.2. The number of esters is 2. The van der Waals surface area contributed by atoms with Crippen molar-refractivity contribution in [2.24, 2.45) is 5.92 Å². The van der Waals surface area contributed by atoms with Crippen molar-refractivity contribution in [2.45, 2.75) is 31.7 Å². The van der Waals surface area contributed by atoms with Gasteiger partial charge in [0.1, 0.15) is 23.3 Å². The van der Waals surface area contributed by atoms with E-state index in [4.69, 9.17) is 4.74 Å². The maximum atomic E-state index is 13.6. The van der Waals surface area contributed by atoms with Gasteiger partial charge in [-0.15, -0.1) is 0 Å². The summed E-state index contributed by atoms with van der Waals surface area (Å²) in [4.78, 5) is 26.9. The number of pyridine rings is 1. The summed E-state index contributed by atoms with van der Waals surface area (Å²) >= 11 is 0. The topological polar surface area (TPSA) is 77.5 Å². The van der Waals surface area contributed by atoms with Gasteiger partial charge in [0.05, 0.1) is 25.7 Å². The van der Waals surface area contributed by atoms with E-state index in [1.807, 2.05) is 0 Å². The van der Waals surface area contributed by atoms with Crippen molar-refractivity contribution in [3.63, 3.8) is 0 Å². The molecule has 0 radical (unpaired) electrons. The minimum Gasteiger partial charge on any atom is -0.469 e. The van der Waals surface area contributed by atoms with Gasteiger partial charge in [0.15, 0.2) is 0 Å². The van der Waals surface area contributed by atoms with Crippen molar-refractivity contribution in [1.29, 1.82) is 0 Å². The van der Waals surface area contributed by atoms with Crippen LogP contribution < -0.4 is 5.32 Å². The fourth-order valence-electron chi connectivity index (χ4n) is 4.18. The monoisotopic (exact) mass is 532 g/mol. The molecule has 2 unspecified atom stereocenters. The number of carbonyl (C=O) groups is 2. The molecule has 1 N–H and O–H groups in total. The van der Waals surface area contributed by atoms with Crippen molar-refractivity contribution in [2.75, 3.05) is 20.8 Å². The van der Waals surface area contributed by atoms with E-state index in [9.17, 15) is 27.2 Å². The highest BCUT2D eigenvalue weighted by atomic mass is 19.1. The van der Waals surface area contributed by atoms with Gasteiger partial charge < -0.3 is 14.8 Å². The van der Waals surface area contributed by atoms with Crippen molar-refractivity contribution in [3.05, 3.63) is 100 Å². The number of hydrogen-bond acceptors (Lipinski definition) is 6. The molecule has 2 aromatic carbocycles. The molecule has 0 spiro atoms. The van der Waals surface area contributed by atoms with E-state index in [-0.39, 0.29) is 24.3 Å². The minimum atomic E-state index is -0.634. The molecule has 38 heavy (non-hydrogen) atoms. The Balaban J connectivity index is 0.000000211. The molecule has 1 saturated heterocycles. The number of rotatable bonds is 6. The fraction of sp³-hybridized carbons (Fsp3) is 0.321. The lowest BCUT2D eigenvalue weighted by atomic mass is 9.89. The molecule has 0 amide bonds. The quantitative estimate of drug-likeness (QED) is 0.364. The average Bonchev–Trinajstić information content (AvgIpc) is 2.91. The Kier molecular flexibility index (Phi) is 10.3. The average molecular weight is 533 g/mol. The van der Waals surface area contributed by atoms with Gasteiger partial charge in [-0.25, -0.2) is 22.4 Å². The lowest BCUT2D eigenvalue weighted by Crippen LogP contribution is -2.42. The third kappa shape index (κ3) is 8.11. The molecule has 6 nitrogen and oxygen atoms in total. The van der Waals surface area contributed by atoms with E-state index in [1.54, 1.807) is 0 Å². The first-order valence-electron chi connectivity index (χ1n) is 11.9. The number of benzene rings is 2. The summed E-state index contributed by atoms with van der Waals surface area (Å²) in [5.74, 6) is -3.22. The summed E-state index contributed by atoms with van der Waals surface area (Å²) in [5.41, 5.74) is 1.63. The highest BCUT2D eigenvalue weighted by Crippen LogP contribution is 2.21. The molecule has 0 bridgehead atoms. The fourth-order valence-corrected chi connectivity index (χ4v) is 4.18. The SMILES string of the molecule is COC(=O)C1CCNC(Cc2ccc(F)cc2F)C1.COC(=O)c1ccnc(Cc2ccc(F)cc2F)c1. The van der Waals surface area contributed by atoms with Crippen LogP contribution in [0.3, 0.4) is 0 Å². The van der Waals surface area contributed by atoms with Crippen LogP contribution in [-0.4, -0.2) is 43.7 Å². The number of ether oxygens (including phenoxy) is 2.